The molecule has 7 heterocycles. The SMILES string of the molecule is Cc1cc(C2CCCc3nc(SCc4c(Cl)cccc4Cl)n(-c4ccc(F)cc4)c32)ccc1Cl.Cc1cc(C2CCCc3nc(SCc4ncccc4Cl)n(-c4ccc(F)cc4)c32)ccc1Cl.Cc1cc(C2CCCc3nc(SCc4ncccn4)n(-c4ccc(F)cc4)c32)ccc1Cl.Cc1cc(C2CCCc3nc(SCc4sccc4Cl)n(-c4ccc(F)cc4)c32)ccc1Cl. The van der Waals surface area contributed by atoms with Crippen LogP contribution in [-0.4, -0.2) is 53.2 Å². The third-order valence-corrected chi connectivity index (χ3v) is 32.1. The summed E-state index contributed by atoms with van der Waals surface area (Å²) in [6.07, 6.45) is 17.4. The number of imidazole rings is 4. The van der Waals surface area contributed by atoms with Crippen LogP contribution in [0.4, 0.5) is 17.6 Å². The lowest BCUT2D eigenvalue weighted by atomic mass is 9.83. The summed E-state index contributed by atoms with van der Waals surface area (Å²) < 4.78 is 63.7. The zero-order valence-electron chi connectivity index (χ0n) is 71.6. The van der Waals surface area contributed by atoms with Crippen molar-refractivity contribution in [2.75, 3.05) is 0 Å². The first kappa shape index (κ1) is 94.0. The lowest BCUT2D eigenvalue weighted by molar-refractivity contribution is 0.586. The van der Waals surface area contributed by atoms with E-state index >= 15 is 0 Å². The van der Waals surface area contributed by atoms with E-state index in [1.807, 2.05) is 148 Å². The fourth-order valence-electron chi connectivity index (χ4n) is 17.6. The molecule has 0 saturated heterocycles. The van der Waals surface area contributed by atoms with Gasteiger partial charge in [0.2, 0.25) is 0 Å². The predicted molar refractivity (Wildman–Crippen MR) is 533 cm³/mol. The number of pyridine rings is 1. The Balaban J connectivity index is 0.000000122. The second-order valence-electron chi connectivity index (χ2n) is 32.6. The van der Waals surface area contributed by atoms with Crippen molar-refractivity contribution in [2.45, 2.75) is 172 Å². The number of fused-ring (bicyclic) bond motifs is 4. The molecule has 0 saturated carbocycles. The summed E-state index contributed by atoms with van der Waals surface area (Å²) in [5, 5.41) is 11.3. The van der Waals surface area contributed by atoms with E-state index < -0.39 is 0 Å². The van der Waals surface area contributed by atoms with Crippen molar-refractivity contribution in [3.8, 4) is 22.7 Å². The van der Waals surface area contributed by atoms with E-state index in [2.05, 4.69) is 81.8 Å². The molecule has 0 aliphatic heterocycles. The molecule has 9 aromatic carbocycles. The molecule has 0 N–H and O–H groups in total. The monoisotopic (exact) mass is 1990 g/mol. The van der Waals surface area contributed by atoms with Gasteiger partial charge in [0.05, 0.1) is 67.0 Å². The van der Waals surface area contributed by atoms with Gasteiger partial charge in [0.1, 0.15) is 29.1 Å². The number of rotatable bonds is 20. The van der Waals surface area contributed by atoms with Gasteiger partial charge in [-0.3, -0.25) is 23.3 Å². The van der Waals surface area contributed by atoms with E-state index in [0.717, 1.165) is 224 Å². The second kappa shape index (κ2) is 42.8. The highest BCUT2D eigenvalue weighted by Crippen LogP contribution is 2.49. The smallest absolute Gasteiger partial charge is 0.173 e. The summed E-state index contributed by atoms with van der Waals surface area (Å²) in [6, 6.07) is 64.5. The Morgan fingerprint density at radius 3 is 0.954 bits per heavy atom. The zero-order valence-corrected chi connectivity index (χ0v) is 81.8. The lowest BCUT2D eigenvalue weighted by Crippen LogP contribution is -2.15. The maximum atomic E-state index is 13.8. The molecule has 0 amide bonds. The molecule has 4 aliphatic rings. The number of benzene rings is 9. The van der Waals surface area contributed by atoms with Crippen molar-refractivity contribution < 1.29 is 17.6 Å². The van der Waals surface area contributed by atoms with Crippen molar-refractivity contribution >= 4 is 151 Å². The van der Waals surface area contributed by atoms with Gasteiger partial charge in [-0.15, -0.1) is 11.3 Å². The van der Waals surface area contributed by atoms with Gasteiger partial charge >= 0.3 is 0 Å². The Hall–Kier alpha value is -8.81. The minimum Gasteiger partial charge on any atom is -0.291 e. The van der Waals surface area contributed by atoms with Gasteiger partial charge in [-0.2, -0.15) is 0 Å². The zero-order chi connectivity index (χ0) is 91.1. The fourth-order valence-corrected chi connectivity index (χ4v) is 24.3. The molecule has 4 atom stereocenters. The van der Waals surface area contributed by atoms with Crippen molar-refractivity contribution in [3.63, 3.8) is 0 Å². The van der Waals surface area contributed by atoms with Gasteiger partial charge in [-0.25, -0.2) is 47.5 Å². The van der Waals surface area contributed by atoms with Crippen LogP contribution < -0.4 is 0 Å². The molecule has 11 nitrogen and oxygen atoms in total. The average Bonchev–Trinajstić information content (AvgIpc) is 1.63. The highest BCUT2D eigenvalue weighted by molar-refractivity contribution is 7.99. The molecule has 4 aliphatic carbocycles. The first-order valence-electron chi connectivity index (χ1n) is 43.1. The Morgan fingerprint density at radius 2 is 0.634 bits per heavy atom. The molecule has 0 bridgehead atoms. The van der Waals surface area contributed by atoms with Crippen LogP contribution in [0.3, 0.4) is 0 Å². The second-order valence-corrected chi connectivity index (χ2v) is 40.6. The minimum absolute atomic E-state index is 0.176. The molecular formula is C103H87Cl8F4N11S5. The van der Waals surface area contributed by atoms with Crippen molar-refractivity contribution in [1.29, 1.82) is 0 Å². The minimum atomic E-state index is -0.264. The van der Waals surface area contributed by atoms with E-state index in [1.54, 1.807) is 77.0 Å². The van der Waals surface area contributed by atoms with Gasteiger partial charge in [-0.1, -0.05) is 194 Å². The quantitative estimate of drug-likeness (QED) is 0.0537. The number of hydrogen-bond acceptors (Lipinski definition) is 12. The molecule has 20 rings (SSSR count). The van der Waals surface area contributed by atoms with E-state index in [0.29, 0.717) is 32.3 Å². The summed E-state index contributed by atoms with van der Waals surface area (Å²) in [5.41, 5.74) is 23.6. The predicted octanol–water partition coefficient (Wildman–Crippen LogP) is 31.8. The summed E-state index contributed by atoms with van der Waals surface area (Å²) >= 11 is 58.9. The molecule has 668 valence electrons. The highest BCUT2D eigenvalue weighted by Gasteiger charge is 2.36. The van der Waals surface area contributed by atoms with Crippen LogP contribution in [0.2, 0.25) is 40.2 Å². The average molecular weight is 2000 g/mol. The molecule has 7 aromatic heterocycles. The molecule has 28 heteroatoms. The lowest BCUT2D eigenvalue weighted by Gasteiger charge is -2.25. The summed E-state index contributed by atoms with van der Waals surface area (Å²) in [6.45, 7) is 8.14. The standard InChI is InChI=1S/C27H22Cl3FN2S.C26H22Cl2FN3S.C25H21Cl2FN2S2.C25H22ClFN4S/c1-16-14-17(8-13-22(16)28)20-4-2-7-25-26(20)33(19-11-9-18(31)10-12-19)27(32-25)34-15-21-23(29)5-3-6-24(21)30;1-16-14-17(7-12-21(16)27)20-4-2-6-23-25(20)32(19-10-8-18(29)9-11-19)26(31-23)33-15-24-22(28)5-3-13-30-24;1-15-13-16(5-10-20(15)26)19-3-2-4-22-24(19)30(18-8-6-17(28)7-9-18)25(29-22)32-14-23-21(27)11-12-31-23;1-16-14-17(6-11-21(16)26)20-4-2-5-22-24(20)31(19-9-7-18(27)8-10-19)25(30-22)32-15-23-28-12-3-13-29-23/h3,5-6,8-14,20H,2,4,7,15H2,1H3;3,5,7-14,20H,2,4,6,15H2,1H3;5-13,19H,2-4,14H2,1H3;3,6-14,20H,2,4-5,15H2,1H3. The summed E-state index contributed by atoms with van der Waals surface area (Å²) in [7, 11) is 0. The largest absolute Gasteiger partial charge is 0.291 e. The van der Waals surface area contributed by atoms with Crippen LogP contribution in [0, 0.1) is 51.0 Å². The van der Waals surface area contributed by atoms with Crippen LogP contribution in [0.25, 0.3) is 22.7 Å². The molecular weight excluding hydrogens is 1910 g/mol. The van der Waals surface area contributed by atoms with E-state index in [-0.39, 0.29) is 46.9 Å². The molecule has 0 fully saturated rings. The van der Waals surface area contributed by atoms with Gasteiger partial charge in [0, 0.05) is 117 Å². The van der Waals surface area contributed by atoms with Crippen LogP contribution in [0.1, 0.15) is 187 Å². The van der Waals surface area contributed by atoms with Crippen molar-refractivity contribution in [2.24, 2.45) is 0 Å². The molecule has 0 spiro atoms. The first-order chi connectivity index (χ1) is 63.5. The summed E-state index contributed by atoms with van der Waals surface area (Å²) in [5.74, 6) is 3.07. The number of thiophene rings is 1. The number of aromatic nitrogens is 11. The maximum Gasteiger partial charge on any atom is 0.173 e. The van der Waals surface area contributed by atoms with Crippen LogP contribution in [0.5, 0.6) is 0 Å². The van der Waals surface area contributed by atoms with Crippen molar-refractivity contribution in [3.05, 3.63) is 412 Å². The fraction of sp³-hybridized carbons (Fsp3) is 0.233. The summed E-state index contributed by atoms with van der Waals surface area (Å²) in [4.78, 5) is 34.4. The number of aryl methyl sites for hydroxylation is 8. The number of hydrogen-bond donors (Lipinski definition) is 0. The van der Waals surface area contributed by atoms with Gasteiger partial charge in [0.15, 0.2) is 20.6 Å². The number of halogens is 12. The van der Waals surface area contributed by atoms with Crippen LogP contribution in [0.15, 0.2) is 257 Å². The van der Waals surface area contributed by atoms with Gasteiger partial charge in [0.25, 0.3) is 0 Å². The van der Waals surface area contributed by atoms with Crippen LogP contribution in [-0.2, 0) is 48.7 Å². The third kappa shape index (κ3) is 21.6. The number of nitrogens with zero attached hydrogens (tertiary/aromatic N) is 11. The van der Waals surface area contributed by atoms with E-state index in [4.69, 9.17) is 113 Å². The van der Waals surface area contributed by atoms with E-state index in [1.165, 1.54) is 87.9 Å². The molecule has 16 aromatic rings. The number of thioether (sulfide) groups is 4. The topological polar surface area (TPSA) is 110 Å². The molecule has 0 radical (unpaired) electrons. The highest BCUT2D eigenvalue weighted by atomic mass is 35.5. The van der Waals surface area contributed by atoms with Gasteiger partial charge in [-0.05, 0) is 318 Å². The Kier molecular flexibility index (Phi) is 30.7. The van der Waals surface area contributed by atoms with E-state index in [9.17, 15) is 17.6 Å². The first-order valence-corrected chi connectivity index (χ1v) is 50.9. The third-order valence-electron chi connectivity index (χ3n) is 24.0. The normalized spacial score (nSPS) is 15.5. The molecule has 4 unspecified atom stereocenters. The maximum absolute atomic E-state index is 13.8. The van der Waals surface area contributed by atoms with Crippen LogP contribution >= 0.6 is 151 Å². The Bertz CT molecular complexity index is 6750. The Labute approximate surface area is 820 Å². The van der Waals surface area contributed by atoms with Gasteiger partial charge < -0.3 is 0 Å². The van der Waals surface area contributed by atoms with Crippen molar-refractivity contribution in [1.82, 2.24) is 53.2 Å². The Morgan fingerprint density at radius 1 is 0.321 bits per heavy atom. The molecule has 131 heavy (non-hydrogen) atoms.